The molecule has 0 bridgehead atoms. The minimum absolute atomic E-state index is 0.0169. The van der Waals surface area contributed by atoms with Crippen molar-refractivity contribution in [1.82, 2.24) is 0 Å². The molecule has 0 amide bonds. The molecule has 1 aliphatic carbocycles. The third-order valence-corrected chi connectivity index (χ3v) is 5.77. The van der Waals surface area contributed by atoms with E-state index >= 15 is 0 Å². The Bertz CT molecular complexity index is 324. The van der Waals surface area contributed by atoms with Crippen LogP contribution in [0.25, 0.3) is 0 Å². The average Bonchev–Trinajstić information content (AvgIpc) is 2.85. The van der Waals surface area contributed by atoms with Crippen LogP contribution in [0.2, 0.25) is 0 Å². The van der Waals surface area contributed by atoms with E-state index in [-0.39, 0.29) is 17.3 Å². The number of fused-ring (bicyclic) bond motifs is 1. The Labute approximate surface area is 110 Å². The van der Waals surface area contributed by atoms with E-state index in [2.05, 4.69) is 20.8 Å². The van der Waals surface area contributed by atoms with Crippen LogP contribution in [0.15, 0.2) is 0 Å². The normalized spacial score (nSPS) is 47.2. The Balaban J connectivity index is 1.98. The minimum Gasteiger partial charge on any atom is -0.377 e. The van der Waals surface area contributed by atoms with Crippen LogP contribution in [0, 0.1) is 10.8 Å². The third kappa shape index (κ3) is 1.53. The average molecular weight is 254 g/mol. The van der Waals surface area contributed by atoms with Crippen molar-refractivity contribution in [1.29, 1.82) is 0 Å². The van der Waals surface area contributed by atoms with Gasteiger partial charge in [-0.1, -0.05) is 20.8 Å². The van der Waals surface area contributed by atoms with Crippen molar-refractivity contribution in [2.45, 2.75) is 64.8 Å². The lowest BCUT2D eigenvalue weighted by atomic mass is 9.55. The smallest absolute Gasteiger partial charge is 0.176 e. The molecule has 0 radical (unpaired) electrons. The molecular formula is C15H26O3. The lowest BCUT2D eigenvalue weighted by Crippen LogP contribution is -2.64. The van der Waals surface area contributed by atoms with E-state index in [1.807, 2.05) is 0 Å². The van der Waals surface area contributed by atoms with E-state index in [1.54, 1.807) is 0 Å². The lowest BCUT2D eigenvalue weighted by Gasteiger charge is -2.60. The fourth-order valence-corrected chi connectivity index (χ4v) is 4.54. The maximum Gasteiger partial charge on any atom is 0.176 e. The maximum atomic E-state index is 6.22. The van der Waals surface area contributed by atoms with Crippen molar-refractivity contribution in [2.24, 2.45) is 10.8 Å². The molecule has 2 heterocycles. The van der Waals surface area contributed by atoms with Gasteiger partial charge < -0.3 is 14.2 Å². The second-order valence-electron chi connectivity index (χ2n) is 6.73. The zero-order valence-corrected chi connectivity index (χ0v) is 12.0. The number of hydrogen-bond acceptors (Lipinski definition) is 3. The van der Waals surface area contributed by atoms with Gasteiger partial charge in [-0.25, -0.2) is 0 Å². The molecule has 3 heteroatoms. The Morgan fingerprint density at radius 2 is 1.72 bits per heavy atom. The van der Waals surface area contributed by atoms with E-state index in [0.717, 1.165) is 39.1 Å². The van der Waals surface area contributed by atoms with Gasteiger partial charge in [0.05, 0.1) is 19.3 Å². The highest BCUT2D eigenvalue weighted by atomic mass is 16.7. The molecular weight excluding hydrogens is 228 g/mol. The van der Waals surface area contributed by atoms with Crippen molar-refractivity contribution in [3.05, 3.63) is 0 Å². The van der Waals surface area contributed by atoms with Crippen molar-refractivity contribution in [3.8, 4) is 0 Å². The van der Waals surface area contributed by atoms with Crippen molar-refractivity contribution >= 4 is 0 Å². The van der Waals surface area contributed by atoms with Crippen molar-refractivity contribution in [2.75, 3.05) is 19.8 Å². The first-order chi connectivity index (χ1) is 8.56. The van der Waals surface area contributed by atoms with Gasteiger partial charge in [-0.2, -0.15) is 0 Å². The summed E-state index contributed by atoms with van der Waals surface area (Å²) < 4.78 is 18.4. The molecule has 18 heavy (non-hydrogen) atoms. The summed E-state index contributed by atoms with van der Waals surface area (Å²) in [5, 5.41) is 0. The van der Waals surface area contributed by atoms with E-state index in [9.17, 15) is 0 Å². The van der Waals surface area contributed by atoms with Gasteiger partial charge in [0.2, 0.25) is 0 Å². The largest absolute Gasteiger partial charge is 0.377 e. The van der Waals surface area contributed by atoms with Crippen LogP contribution in [-0.2, 0) is 14.2 Å². The van der Waals surface area contributed by atoms with Crippen molar-refractivity contribution in [3.63, 3.8) is 0 Å². The Hall–Kier alpha value is -0.120. The molecule has 2 saturated heterocycles. The predicted octanol–water partition coefficient (Wildman–Crippen LogP) is 3.12. The highest BCUT2D eigenvalue weighted by Crippen LogP contribution is 2.60. The van der Waals surface area contributed by atoms with E-state index in [1.165, 1.54) is 12.8 Å². The van der Waals surface area contributed by atoms with E-state index < -0.39 is 0 Å². The first kappa shape index (κ1) is 12.9. The van der Waals surface area contributed by atoms with Gasteiger partial charge in [0, 0.05) is 18.4 Å². The first-order valence-electron chi connectivity index (χ1n) is 7.46. The van der Waals surface area contributed by atoms with Gasteiger partial charge in [0.25, 0.3) is 0 Å². The zero-order valence-electron chi connectivity index (χ0n) is 12.0. The monoisotopic (exact) mass is 254 g/mol. The van der Waals surface area contributed by atoms with E-state index in [0.29, 0.717) is 5.41 Å². The van der Waals surface area contributed by atoms with E-state index in [4.69, 9.17) is 14.2 Å². The number of hydrogen-bond donors (Lipinski definition) is 0. The molecule has 3 rings (SSSR count). The second kappa shape index (κ2) is 4.19. The quantitative estimate of drug-likeness (QED) is 0.719. The van der Waals surface area contributed by atoms with Gasteiger partial charge in [-0.3, -0.25) is 0 Å². The Kier molecular flexibility index (Phi) is 3.00. The summed E-state index contributed by atoms with van der Waals surface area (Å²) in [7, 11) is 0. The molecule has 2 aliphatic heterocycles. The molecule has 3 atom stereocenters. The fraction of sp³-hybridized carbons (Fsp3) is 1.00. The van der Waals surface area contributed by atoms with Crippen LogP contribution < -0.4 is 0 Å². The summed E-state index contributed by atoms with van der Waals surface area (Å²) in [4.78, 5) is 0. The third-order valence-electron chi connectivity index (χ3n) is 5.77. The highest BCUT2D eigenvalue weighted by molar-refractivity contribution is 5.09. The fourth-order valence-electron chi connectivity index (χ4n) is 4.54. The van der Waals surface area contributed by atoms with Crippen LogP contribution >= 0.6 is 0 Å². The predicted molar refractivity (Wildman–Crippen MR) is 69.3 cm³/mol. The SMILES string of the molecule is CCC1(C)C2OCCCC2(C)CCC12OCCO2. The van der Waals surface area contributed by atoms with Gasteiger partial charge in [-0.15, -0.1) is 0 Å². The summed E-state index contributed by atoms with van der Waals surface area (Å²) in [5.41, 5.74) is 0.292. The molecule has 104 valence electrons. The molecule has 1 saturated carbocycles. The second-order valence-corrected chi connectivity index (χ2v) is 6.73. The molecule has 0 N–H and O–H groups in total. The van der Waals surface area contributed by atoms with Crippen LogP contribution in [0.4, 0.5) is 0 Å². The molecule has 1 spiro atoms. The lowest BCUT2D eigenvalue weighted by molar-refractivity contribution is -0.319. The summed E-state index contributed by atoms with van der Waals surface area (Å²) in [6, 6.07) is 0. The zero-order chi connectivity index (χ0) is 12.9. The molecule has 3 fully saturated rings. The van der Waals surface area contributed by atoms with Gasteiger partial charge in [0.1, 0.15) is 0 Å². The van der Waals surface area contributed by atoms with Crippen molar-refractivity contribution < 1.29 is 14.2 Å². The molecule has 0 aromatic rings. The highest BCUT2D eigenvalue weighted by Gasteiger charge is 2.64. The Morgan fingerprint density at radius 1 is 1.00 bits per heavy atom. The molecule has 3 unspecified atom stereocenters. The Morgan fingerprint density at radius 3 is 2.39 bits per heavy atom. The van der Waals surface area contributed by atoms with Crippen LogP contribution in [0.1, 0.15) is 52.9 Å². The summed E-state index contributed by atoms with van der Waals surface area (Å²) in [5.74, 6) is -0.386. The topological polar surface area (TPSA) is 27.7 Å². The van der Waals surface area contributed by atoms with Crippen LogP contribution in [0.5, 0.6) is 0 Å². The standard InChI is InChI=1S/C15H26O3/c1-4-14(3)12-13(2,6-5-9-16-12)7-8-15(14)17-10-11-18-15/h12H,4-11H2,1-3H3. The molecule has 3 nitrogen and oxygen atoms in total. The molecule has 0 aromatic carbocycles. The summed E-state index contributed by atoms with van der Waals surface area (Å²) in [6.45, 7) is 9.32. The summed E-state index contributed by atoms with van der Waals surface area (Å²) >= 11 is 0. The number of ether oxygens (including phenoxy) is 3. The number of rotatable bonds is 1. The van der Waals surface area contributed by atoms with Crippen LogP contribution in [-0.4, -0.2) is 31.7 Å². The molecule has 3 aliphatic rings. The maximum absolute atomic E-state index is 6.22. The first-order valence-corrected chi connectivity index (χ1v) is 7.46. The van der Waals surface area contributed by atoms with Gasteiger partial charge >= 0.3 is 0 Å². The molecule has 0 aromatic heterocycles. The summed E-state index contributed by atoms with van der Waals surface area (Å²) in [6.07, 6.45) is 5.98. The van der Waals surface area contributed by atoms with Gasteiger partial charge in [-0.05, 0) is 31.1 Å². The van der Waals surface area contributed by atoms with Crippen LogP contribution in [0.3, 0.4) is 0 Å². The minimum atomic E-state index is -0.386. The van der Waals surface area contributed by atoms with Gasteiger partial charge in [0.15, 0.2) is 5.79 Å².